The number of hydrogen-bond donors (Lipinski definition) is 4. The Hall–Kier alpha value is -1.36. The number of carbonyl (C=O) groups is 3. The Labute approximate surface area is 354 Å². The molecule has 12 heteroatoms. The molecule has 0 bridgehead atoms. The van der Waals surface area contributed by atoms with E-state index in [4.69, 9.17) is 9.63 Å². The molecule has 9 atom stereocenters. The molecule has 0 aromatic rings. The summed E-state index contributed by atoms with van der Waals surface area (Å²) in [5.41, 5.74) is 0. The normalized spacial score (nSPS) is 17.3. The molecule has 0 fully saturated rings. The highest BCUT2D eigenvalue weighted by atomic mass is 31.2. The summed E-state index contributed by atoms with van der Waals surface area (Å²) in [6.07, 6.45) is 18.8. The molecule has 0 saturated heterocycles. The van der Waals surface area contributed by atoms with E-state index < -0.39 is 57.6 Å². The molecule has 0 radical (unpaired) electrons. The van der Waals surface area contributed by atoms with E-state index >= 15 is 0 Å². The van der Waals surface area contributed by atoms with Crippen LogP contribution < -0.4 is 0 Å². The summed E-state index contributed by atoms with van der Waals surface area (Å²) in [6.45, 7) is 19.7. The summed E-state index contributed by atoms with van der Waals surface area (Å²) in [7, 11) is -4.89. The Kier molecular flexibility index (Phi) is 31.6. The number of carboxylic acids is 1. The number of imide groups is 1. The summed E-state index contributed by atoms with van der Waals surface area (Å²) in [5, 5.41) is 28.7. The number of aliphatic hydroxyl groups excluding tert-OH is 2. The van der Waals surface area contributed by atoms with E-state index in [2.05, 4.69) is 59.9 Å². The summed E-state index contributed by atoms with van der Waals surface area (Å²) in [4.78, 5) is 51.0. The van der Waals surface area contributed by atoms with Crippen LogP contribution in [0.1, 0.15) is 198 Å². The smallest absolute Gasteiger partial charge is 0.472 e. The van der Waals surface area contributed by atoms with Gasteiger partial charge in [0.1, 0.15) is 6.10 Å². The minimum atomic E-state index is -4.89. The van der Waals surface area contributed by atoms with Crippen LogP contribution in [-0.2, 0) is 28.0 Å². The van der Waals surface area contributed by atoms with Gasteiger partial charge in [-0.2, -0.15) is 0 Å². The first-order chi connectivity index (χ1) is 27.2. The maximum absolute atomic E-state index is 13.8. The second-order valence-corrected chi connectivity index (χ2v) is 20.8. The molecule has 0 spiro atoms. The number of aliphatic hydroxyl groups is 2. The van der Waals surface area contributed by atoms with Crippen molar-refractivity contribution < 1.29 is 48.2 Å². The topological polar surface area (TPSA) is 171 Å². The van der Waals surface area contributed by atoms with E-state index in [0.717, 1.165) is 75.0 Å². The lowest BCUT2D eigenvalue weighted by atomic mass is 9.90. The molecule has 0 heterocycles. The van der Waals surface area contributed by atoms with Gasteiger partial charge >= 0.3 is 13.8 Å². The van der Waals surface area contributed by atoms with Crippen molar-refractivity contribution in [1.29, 1.82) is 0 Å². The third-order valence-electron chi connectivity index (χ3n) is 11.7. The second-order valence-electron chi connectivity index (χ2n) is 19.3. The van der Waals surface area contributed by atoms with Crippen molar-refractivity contribution in [3.05, 3.63) is 0 Å². The van der Waals surface area contributed by atoms with E-state index in [0.29, 0.717) is 16.7 Å². The molecule has 0 saturated carbocycles. The number of amides is 2. The van der Waals surface area contributed by atoms with Crippen LogP contribution in [-0.4, -0.2) is 74.9 Å². The number of carbonyl (C=O) groups excluding carboxylic acids is 2. The Morgan fingerprint density at radius 3 is 1.10 bits per heavy atom. The molecule has 58 heavy (non-hydrogen) atoms. The molecule has 344 valence electrons. The summed E-state index contributed by atoms with van der Waals surface area (Å²) >= 11 is 0. The van der Waals surface area contributed by atoms with Gasteiger partial charge in [0, 0.05) is 12.8 Å². The standard InChI is InChI=1S/C46H90NO10P/c1-34(2)17-11-19-36(5)21-13-23-38(7)25-15-27-40(9)29-44(50)47(43(46(52)53)33-57-58(54,55)56-32-42(49)31-48)45(51)30-41(10)28-16-26-39(8)24-14-22-37(6)20-12-18-35(3)4/h34-43,48-49H,11-33H2,1-10H3,(H,52,53)(H,54,55)/t36?,37?,38?,39?,40?,41?,42-,43+/m1/s1. The first kappa shape index (κ1) is 56.6. The molecule has 7 unspecified atom stereocenters. The lowest BCUT2D eigenvalue weighted by Crippen LogP contribution is -2.51. The SMILES string of the molecule is CC(C)CCCC(C)CCCC(C)CCCC(C)CC(=O)N(C(=O)CC(C)CCCC(C)CCCC(C)CCCC(C)C)[C@@H](COP(=O)(O)OC[C@H](O)CO)C(=O)O. The maximum atomic E-state index is 13.8. The number of nitrogens with zero attached hydrogens (tertiary/aromatic N) is 1. The summed E-state index contributed by atoms with van der Waals surface area (Å²) in [6, 6.07) is -1.85. The van der Waals surface area contributed by atoms with Gasteiger partial charge in [-0.05, 0) is 47.3 Å². The molecule has 0 aliphatic heterocycles. The fourth-order valence-electron chi connectivity index (χ4n) is 7.76. The zero-order valence-corrected chi connectivity index (χ0v) is 39.6. The van der Waals surface area contributed by atoms with E-state index in [9.17, 15) is 34.1 Å². The average Bonchev–Trinajstić information content (AvgIpc) is 3.11. The molecular formula is C46H90NO10P. The Bertz CT molecular complexity index is 1080. The van der Waals surface area contributed by atoms with Crippen molar-refractivity contribution in [2.75, 3.05) is 19.8 Å². The molecule has 0 aromatic carbocycles. The molecule has 0 aromatic heterocycles. The van der Waals surface area contributed by atoms with Crippen molar-refractivity contribution >= 4 is 25.6 Å². The molecule has 0 aliphatic carbocycles. The minimum Gasteiger partial charge on any atom is -0.480 e. The van der Waals surface area contributed by atoms with Gasteiger partial charge in [0.05, 0.1) is 19.8 Å². The molecule has 11 nitrogen and oxygen atoms in total. The fourth-order valence-corrected chi connectivity index (χ4v) is 8.53. The van der Waals surface area contributed by atoms with Crippen molar-refractivity contribution in [2.24, 2.45) is 47.3 Å². The first-order valence-corrected chi connectivity index (χ1v) is 24.6. The molecule has 4 N–H and O–H groups in total. The predicted molar refractivity (Wildman–Crippen MR) is 235 cm³/mol. The average molecular weight is 848 g/mol. The van der Waals surface area contributed by atoms with Crippen LogP contribution in [0.4, 0.5) is 0 Å². The van der Waals surface area contributed by atoms with E-state index in [-0.39, 0.29) is 24.7 Å². The van der Waals surface area contributed by atoms with Crippen LogP contribution in [0, 0.1) is 47.3 Å². The number of carboxylic acid groups (broad SMARTS) is 1. The fraction of sp³-hybridized carbons (Fsp3) is 0.935. The highest BCUT2D eigenvalue weighted by molar-refractivity contribution is 7.47. The van der Waals surface area contributed by atoms with Crippen LogP contribution in [0.2, 0.25) is 0 Å². The van der Waals surface area contributed by atoms with Crippen LogP contribution >= 0.6 is 7.82 Å². The monoisotopic (exact) mass is 848 g/mol. The third-order valence-corrected chi connectivity index (χ3v) is 12.7. The predicted octanol–water partition coefficient (Wildman–Crippen LogP) is 11.2. The van der Waals surface area contributed by atoms with Crippen LogP contribution in [0.25, 0.3) is 0 Å². The minimum absolute atomic E-state index is 0.0456. The van der Waals surface area contributed by atoms with Crippen LogP contribution in [0.3, 0.4) is 0 Å². The van der Waals surface area contributed by atoms with Crippen LogP contribution in [0.5, 0.6) is 0 Å². The van der Waals surface area contributed by atoms with Gasteiger partial charge in [-0.3, -0.25) is 23.5 Å². The van der Waals surface area contributed by atoms with Crippen molar-refractivity contribution in [1.82, 2.24) is 4.90 Å². The largest absolute Gasteiger partial charge is 0.480 e. The van der Waals surface area contributed by atoms with Crippen molar-refractivity contribution in [3.8, 4) is 0 Å². The molecule has 0 rings (SSSR count). The van der Waals surface area contributed by atoms with Gasteiger partial charge in [-0.1, -0.05) is 185 Å². The Morgan fingerprint density at radius 1 is 0.517 bits per heavy atom. The van der Waals surface area contributed by atoms with Crippen molar-refractivity contribution in [3.63, 3.8) is 0 Å². The summed E-state index contributed by atoms with van der Waals surface area (Å²) in [5.74, 6) is 1.02. The zero-order chi connectivity index (χ0) is 44.3. The number of rotatable bonds is 37. The number of phosphoric ester groups is 1. The van der Waals surface area contributed by atoms with Gasteiger partial charge < -0.3 is 20.2 Å². The Morgan fingerprint density at radius 2 is 0.810 bits per heavy atom. The van der Waals surface area contributed by atoms with Gasteiger partial charge in [0.2, 0.25) is 11.8 Å². The summed E-state index contributed by atoms with van der Waals surface area (Å²) < 4.78 is 22.1. The lowest BCUT2D eigenvalue weighted by Gasteiger charge is -2.29. The molecular weight excluding hydrogens is 757 g/mol. The lowest BCUT2D eigenvalue weighted by molar-refractivity contribution is -0.160. The van der Waals surface area contributed by atoms with E-state index in [1.54, 1.807) is 0 Å². The van der Waals surface area contributed by atoms with Gasteiger partial charge in [-0.25, -0.2) is 9.36 Å². The van der Waals surface area contributed by atoms with E-state index in [1.807, 2.05) is 13.8 Å². The van der Waals surface area contributed by atoms with Gasteiger partial charge in [0.25, 0.3) is 0 Å². The van der Waals surface area contributed by atoms with E-state index in [1.165, 1.54) is 64.2 Å². The number of phosphoric acid groups is 1. The van der Waals surface area contributed by atoms with Crippen molar-refractivity contribution in [2.45, 2.75) is 210 Å². The molecule has 0 aliphatic rings. The van der Waals surface area contributed by atoms with Gasteiger partial charge in [0.15, 0.2) is 6.04 Å². The second kappa shape index (κ2) is 32.4. The number of aliphatic carboxylic acids is 1. The third kappa shape index (κ3) is 29.8. The van der Waals surface area contributed by atoms with Gasteiger partial charge in [-0.15, -0.1) is 0 Å². The maximum Gasteiger partial charge on any atom is 0.472 e. The van der Waals surface area contributed by atoms with Crippen LogP contribution in [0.15, 0.2) is 0 Å². The molecule has 2 amide bonds. The Balaban J connectivity index is 5.35. The quantitative estimate of drug-likeness (QED) is 0.0441. The first-order valence-electron chi connectivity index (χ1n) is 23.2. The highest BCUT2D eigenvalue weighted by Gasteiger charge is 2.38. The highest BCUT2D eigenvalue weighted by Crippen LogP contribution is 2.43. The number of hydrogen-bond acceptors (Lipinski definition) is 8. The zero-order valence-electron chi connectivity index (χ0n) is 38.7.